The Morgan fingerprint density at radius 1 is 1.12 bits per heavy atom. The van der Waals surface area contributed by atoms with Crippen LogP contribution >= 0.6 is 0 Å². The third-order valence-electron chi connectivity index (χ3n) is 2.35. The normalized spacial score (nSPS) is 9.94. The zero-order valence-corrected chi connectivity index (χ0v) is 10.6. The second-order valence-electron chi connectivity index (χ2n) is 3.99. The van der Waals surface area contributed by atoms with Gasteiger partial charge in [0.25, 0.3) is 0 Å². The summed E-state index contributed by atoms with van der Waals surface area (Å²) in [5.41, 5.74) is 0. The molecule has 0 aromatic rings. The molecule has 0 radical (unpaired) electrons. The van der Waals surface area contributed by atoms with Crippen LogP contribution in [0.15, 0.2) is 0 Å². The molecule has 0 bridgehead atoms. The number of carbonyl (C=O) groups excluding carboxylic acids is 2. The first kappa shape index (κ1) is 14.9. The van der Waals surface area contributed by atoms with E-state index in [9.17, 15) is 9.59 Å². The molecule has 16 heavy (non-hydrogen) atoms. The van der Waals surface area contributed by atoms with Crippen LogP contribution in [0.25, 0.3) is 0 Å². The summed E-state index contributed by atoms with van der Waals surface area (Å²) in [6.07, 6.45) is 4.44. The highest BCUT2D eigenvalue weighted by atomic mass is 16.5. The van der Waals surface area contributed by atoms with Crippen LogP contribution in [0.1, 0.15) is 46.0 Å². The fraction of sp³-hybridized carbons (Fsp3) is 0.833. The Balaban J connectivity index is 3.37. The molecule has 0 spiro atoms. The van der Waals surface area contributed by atoms with Gasteiger partial charge in [0.1, 0.15) is 5.78 Å². The van der Waals surface area contributed by atoms with Crippen molar-refractivity contribution in [2.45, 2.75) is 46.0 Å². The van der Waals surface area contributed by atoms with Gasteiger partial charge in [-0.3, -0.25) is 0 Å². The van der Waals surface area contributed by atoms with Crippen molar-refractivity contribution in [3.8, 4) is 0 Å². The van der Waals surface area contributed by atoms with E-state index >= 15 is 0 Å². The van der Waals surface area contributed by atoms with Gasteiger partial charge < -0.3 is 14.4 Å². The van der Waals surface area contributed by atoms with E-state index in [1.165, 1.54) is 0 Å². The number of carbonyl (C=O) groups is 2. The summed E-state index contributed by atoms with van der Waals surface area (Å²) >= 11 is 0. The van der Waals surface area contributed by atoms with Crippen LogP contribution in [0.2, 0.25) is 0 Å². The summed E-state index contributed by atoms with van der Waals surface area (Å²) in [5, 5.41) is 0. The number of rotatable bonds is 8. The van der Waals surface area contributed by atoms with E-state index in [0.717, 1.165) is 32.2 Å². The van der Waals surface area contributed by atoms with Crippen molar-refractivity contribution < 1.29 is 14.3 Å². The van der Waals surface area contributed by atoms with Crippen LogP contribution in [0, 0.1) is 0 Å². The maximum atomic E-state index is 11.2. The fourth-order valence-corrected chi connectivity index (χ4v) is 1.40. The van der Waals surface area contributed by atoms with Gasteiger partial charge in [0.05, 0.1) is 6.61 Å². The Bertz CT molecular complexity index is 216. The Morgan fingerprint density at radius 2 is 1.75 bits per heavy atom. The Kier molecular flexibility index (Phi) is 8.58. The van der Waals surface area contributed by atoms with Crippen molar-refractivity contribution in [1.82, 2.24) is 4.90 Å². The SMILES string of the molecule is CCOC(=O)N(C)CCCCCCC(C)=O. The minimum atomic E-state index is -0.258. The van der Waals surface area contributed by atoms with Gasteiger partial charge in [0.2, 0.25) is 0 Å². The maximum absolute atomic E-state index is 11.2. The molecular formula is C12H23NO3. The van der Waals surface area contributed by atoms with Crippen molar-refractivity contribution in [3.63, 3.8) is 0 Å². The summed E-state index contributed by atoms with van der Waals surface area (Å²) in [6.45, 7) is 4.56. The van der Waals surface area contributed by atoms with Gasteiger partial charge in [-0.1, -0.05) is 12.8 Å². The number of nitrogens with zero attached hydrogens (tertiary/aromatic N) is 1. The van der Waals surface area contributed by atoms with Crippen molar-refractivity contribution in [1.29, 1.82) is 0 Å². The number of hydrogen-bond acceptors (Lipinski definition) is 3. The lowest BCUT2D eigenvalue weighted by Gasteiger charge is -2.15. The summed E-state index contributed by atoms with van der Waals surface area (Å²) < 4.78 is 4.86. The first-order chi connectivity index (χ1) is 7.57. The minimum absolute atomic E-state index is 0.253. The van der Waals surface area contributed by atoms with Gasteiger partial charge in [0, 0.05) is 20.0 Å². The summed E-state index contributed by atoms with van der Waals surface area (Å²) in [6, 6.07) is 0. The molecule has 0 atom stereocenters. The molecule has 0 unspecified atom stereocenters. The quantitative estimate of drug-likeness (QED) is 0.601. The number of unbranched alkanes of at least 4 members (excludes halogenated alkanes) is 3. The third kappa shape index (κ3) is 8.26. The van der Waals surface area contributed by atoms with Crippen LogP contribution in [0.4, 0.5) is 4.79 Å². The molecular weight excluding hydrogens is 206 g/mol. The molecule has 0 fully saturated rings. The lowest BCUT2D eigenvalue weighted by Crippen LogP contribution is -2.28. The Morgan fingerprint density at radius 3 is 2.31 bits per heavy atom. The van der Waals surface area contributed by atoms with Crippen LogP contribution in [-0.4, -0.2) is 37.0 Å². The first-order valence-electron chi connectivity index (χ1n) is 5.95. The van der Waals surface area contributed by atoms with Gasteiger partial charge in [-0.15, -0.1) is 0 Å². The maximum Gasteiger partial charge on any atom is 0.409 e. The van der Waals surface area contributed by atoms with Crippen LogP contribution in [0.5, 0.6) is 0 Å². The van der Waals surface area contributed by atoms with E-state index in [2.05, 4.69) is 0 Å². The predicted octanol–water partition coefficient (Wildman–Crippen LogP) is 2.61. The van der Waals surface area contributed by atoms with Crippen molar-refractivity contribution in [2.75, 3.05) is 20.2 Å². The highest BCUT2D eigenvalue weighted by Crippen LogP contribution is 2.04. The van der Waals surface area contributed by atoms with Gasteiger partial charge in [0.15, 0.2) is 0 Å². The summed E-state index contributed by atoms with van der Waals surface area (Å²) in [4.78, 5) is 23.5. The number of Topliss-reactive ketones (excluding diaryl/α,β-unsaturated/α-hetero) is 1. The average molecular weight is 229 g/mol. The summed E-state index contributed by atoms with van der Waals surface area (Å²) in [7, 11) is 1.74. The molecule has 0 aliphatic rings. The monoisotopic (exact) mass is 229 g/mol. The zero-order valence-electron chi connectivity index (χ0n) is 10.6. The van der Waals surface area contributed by atoms with E-state index in [-0.39, 0.29) is 11.9 Å². The topological polar surface area (TPSA) is 46.6 Å². The average Bonchev–Trinajstić information content (AvgIpc) is 2.22. The van der Waals surface area contributed by atoms with Crippen molar-refractivity contribution >= 4 is 11.9 Å². The number of amides is 1. The minimum Gasteiger partial charge on any atom is -0.450 e. The predicted molar refractivity (Wildman–Crippen MR) is 63.4 cm³/mol. The molecule has 0 heterocycles. The molecule has 0 aliphatic heterocycles. The lowest BCUT2D eigenvalue weighted by molar-refractivity contribution is -0.117. The van der Waals surface area contributed by atoms with E-state index < -0.39 is 0 Å². The summed E-state index contributed by atoms with van der Waals surface area (Å²) in [5.74, 6) is 0.253. The molecule has 4 heteroatoms. The Hall–Kier alpha value is -1.06. The largest absolute Gasteiger partial charge is 0.450 e. The molecule has 0 aliphatic carbocycles. The molecule has 0 saturated heterocycles. The molecule has 0 saturated carbocycles. The molecule has 0 rings (SSSR count). The highest BCUT2D eigenvalue weighted by molar-refractivity contribution is 5.75. The molecule has 4 nitrogen and oxygen atoms in total. The zero-order chi connectivity index (χ0) is 12.4. The van der Waals surface area contributed by atoms with Gasteiger partial charge in [-0.2, -0.15) is 0 Å². The molecule has 0 N–H and O–H groups in total. The molecule has 94 valence electrons. The smallest absolute Gasteiger partial charge is 0.409 e. The molecule has 0 aromatic carbocycles. The molecule has 1 amide bonds. The van der Waals surface area contributed by atoms with Crippen molar-refractivity contribution in [3.05, 3.63) is 0 Å². The highest BCUT2D eigenvalue weighted by Gasteiger charge is 2.07. The van der Waals surface area contributed by atoms with E-state index in [0.29, 0.717) is 13.0 Å². The van der Waals surface area contributed by atoms with E-state index in [1.54, 1.807) is 25.8 Å². The fourth-order valence-electron chi connectivity index (χ4n) is 1.40. The lowest BCUT2D eigenvalue weighted by atomic mass is 10.1. The third-order valence-corrected chi connectivity index (χ3v) is 2.35. The number of ether oxygens (including phenoxy) is 1. The van der Waals surface area contributed by atoms with Gasteiger partial charge in [-0.05, 0) is 26.7 Å². The van der Waals surface area contributed by atoms with E-state index in [1.807, 2.05) is 0 Å². The molecule has 0 aromatic heterocycles. The second-order valence-corrected chi connectivity index (χ2v) is 3.99. The van der Waals surface area contributed by atoms with E-state index in [4.69, 9.17) is 4.74 Å². The van der Waals surface area contributed by atoms with Gasteiger partial charge in [-0.25, -0.2) is 4.79 Å². The number of ketones is 1. The van der Waals surface area contributed by atoms with Gasteiger partial charge >= 0.3 is 6.09 Å². The number of hydrogen-bond donors (Lipinski definition) is 0. The van der Waals surface area contributed by atoms with Crippen LogP contribution in [-0.2, 0) is 9.53 Å². The van der Waals surface area contributed by atoms with Crippen LogP contribution < -0.4 is 0 Å². The first-order valence-corrected chi connectivity index (χ1v) is 5.95. The van der Waals surface area contributed by atoms with Crippen LogP contribution in [0.3, 0.4) is 0 Å². The second kappa shape index (κ2) is 9.19. The Labute approximate surface area is 98.0 Å². The standard InChI is InChI=1S/C12H23NO3/c1-4-16-12(15)13(3)10-8-6-5-7-9-11(2)14/h4-10H2,1-3H3. The van der Waals surface area contributed by atoms with Crippen molar-refractivity contribution in [2.24, 2.45) is 0 Å².